The number of hydrogen-bond donors (Lipinski definition) is 1. The summed E-state index contributed by atoms with van der Waals surface area (Å²) in [4.78, 5) is 15.2. The van der Waals surface area contributed by atoms with Gasteiger partial charge in [-0.25, -0.2) is 8.42 Å². The predicted octanol–water partition coefficient (Wildman–Crippen LogP) is 2.40. The Kier molecular flexibility index (Phi) is 7.48. The Morgan fingerprint density at radius 1 is 1.14 bits per heavy atom. The van der Waals surface area contributed by atoms with E-state index in [0.717, 1.165) is 31.2 Å². The molecule has 156 valence electrons. The summed E-state index contributed by atoms with van der Waals surface area (Å²) in [5.41, 5.74) is 1.70. The number of piperazine rings is 1. The Hall–Kier alpha value is -1.44. The third kappa shape index (κ3) is 5.55. The van der Waals surface area contributed by atoms with Crippen LogP contribution in [0.5, 0.6) is 0 Å². The van der Waals surface area contributed by atoms with Gasteiger partial charge in [0.15, 0.2) is 0 Å². The largest absolute Gasteiger partial charge is 0.335 e. The van der Waals surface area contributed by atoms with Crippen LogP contribution in [0, 0.1) is 6.92 Å². The van der Waals surface area contributed by atoms with Crippen molar-refractivity contribution in [2.45, 2.75) is 51.5 Å². The molecule has 2 aliphatic rings. The summed E-state index contributed by atoms with van der Waals surface area (Å²) in [6.07, 6.45) is 6.53. The number of carbonyl (C=O) groups is 1. The number of benzene rings is 1. The molecular formula is C21H33N3O3S. The number of amides is 1. The Labute approximate surface area is 169 Å². The predicted molar refractivity (Wildman–Crippen MR) is 112 cm³/mol. The number of aryl methyl sites for hydroxylation is 1. The molecule has 6 nitrogen and oxygen atoms in total. The second-order valence-electron chi connectivity index (χ2n) is 7.98. The number of nitrogens with zero attached hydrogens (tertiary/aromatic N) is 2. The smallest absolute Gasteiger partial charge is 0.254 e. The van der Waals surface area contributed by atoms with Crippen LogP contribution in [0.4, 0.5) is 0 Å². The van der Waals surface area contributed by atoms with Crippen LogP contribution in [0.1, 0.15) is 54.4 Å². The van der Waals surface area contributed by atoms with E-state index in [1.165, 1.54) is 12.8 Å². The van der Waals surface area contributed by atoms with Crippen LogP contribution >= 0.6 is 0 Å². The summed E-state index contributed by atoms with van der Waals surface area (Å²) in [5, 5.41) is 3.18. The Balaban J connectivity index is 1.76. The molecule has 1 aromatic rings. The van der Waals surface area contributed by atoms with Crippen molar-refractivity contribution in [2.24, 2.45) is 0 Å². The molecule has 0 spiro atoms. The van der Waals surface area contributed by atoms with Gasteiger partial charge in [0.25, 0.3) is 5.91 Å². The maximum atomic E-state index is 13.3. The molecule has 1 saturated heterocycles. The first-order chi connectivity index (χ1) is 13.5. The van der Waals surface area contributed by atoms with E-state index in [1.54, 1.807) is 4.31 Å². The number of sulfonamides is 1. The van der Waals surface area contributed by atoms with Gasteiger partial charge < -0.3 is 10.2 Å². The summed E-state index contributed by atoms with van der Waals surface area (Å²) >= 11 is 0. The Morgan fingerprint density at radius 2 is 1.82 bits per heavy atom. The van der Waals surface area contributed by atoms with Gasteiger partial charge in [-0.3, -0.25) is 4.79 Å². The van der Waals surface area contributed by atoms with E-state index in [1.807, 2.05) is 36.1 Å². The second kappa shape index (κ2) is 9.85. The number of nitrogens with one attached hydrogen (secondary N) is 1. The topological polar surface area (TPSA) is 69.7 Å². The maximum Gasteiger partial charge on any atom is 0.254 e. The highest BCUT2D eigenvalue weighted by Gasteiger charge is 2.29. The number of carbonyl (C=O) groups excluding carboxylic acids is 1. The van der Waals surface area contributed by atoms with Crippen molar-refractivity contribution >= 4 is 15.9 Å². The molecule has 3 rings (SSSR count). The van der Waals surface area contributed by atoms with Crippen molar-refractivity contribution < 1.29 is 13.2 Å². The average Bonchev–Trinajstić information content (AvgIpc) is 2.98. The number of hydrogen-bond acceptors (Lipinski definition) is 4. The third-order valence-electron chi connectivity index (χ3n) is 5.85. The van der Waals surface area contributed by atoms with Crippen molar-refractivity contribution in [3.05, 3.63) is 35.4 Å². The van der Waals surface area contributed by atoms with Crippen molar-refractivity contribution in [1.82, 2.24) is 14.5 Å². The Morgan fingerprint density at radius 3 is 2.46 bits per heavy atom. The molecule has 1 aromatic carbocycles. The van der Waals surface area contributed by atoms with Gasteiger partial charge in [0.1, 0.15) is 0 Å². The van der Waals surface area contributed by atoms with E-state index >= 15 is 0 Å². The second-order valence-corrected chi connectivity index (χ2v) is 10.1. The third-order valence-corrected chi connectivity index (χ3v) is 7.70. The summed E-state index contributed by atoms with van der Waals surface area (Å²) in [6, 6.07) is 7.74. The fourth-order valence-electron chi connectivity index (χ4n) is 4.23. The maximum absolute atomic E-state index is 13.3. The van der Waals surface area contributed by atoms with Gasteiger partial charge in [0.05, 0.1) is 5.75 Å². The normalized spacial score (nSPS) is 19.9. The van der Waals surface area contributed by atoms with Gasteiger partial charge in [-0.1, -0.05) is 43.4 Å². The average molecular weight is 408 g/mol. The molecule has 0 aromatic heterocycles. The first-order valence-electron chi connectivity index (χ1n) is 10.5. The molecule has 1 saturated carbocycles. The molecule has 2 fully saturated rings. The van der Waals surface area contributed by atoms with Gasteiger partial charge in [-0.15, -0.1) is 0 Å². The standard InChI is InChI=1S/C21H33N3O3S/c1-18-7-6-8-19(17-18)21(25)24(20-9-4-2-3-5-10-20)15-16-28(26,27)23-13-11-22-12-14-23/h6-8,17,20,22H,2-5,9-16H2,1H3. The SMILES string of the molecule is Cc1cccc(C(=O)N(CCS(=O)(=O)N2CCNCC2)C2CCCCCC2)c1. The molecule has 0 atom stereocenters. The number of rotatable bonds is 6. The molecular weight excluding hydrogens is 374 g/mol. The van der Waals surface area contributed by atoms with E-state index in [-0.39, 0.29) is 24.2 Å². The summed E-state index contributed by atoms with van der Waals surface area (Å²) in [5.74, 6) is -0.0350. The van der Waals surface area contributed by atoms with E-state index < -0.39 is 10.0 Å². The van der Waals surface area contributed by atoms with E-state index in [4.69, 9.17) is 0 Å². The van der Waals surface area contributed by atoms with Crippen LogP contribution in [0.3, 0.4) is 0 Å². The minimum atomic E-state index is -3.35. The molecule has 0 radical (unpaired) electrons. The lowest BCUT2D eigenvalue weighted by atomic mass is 10.0. The lowest BCUT2D eigenvalue weighted by molar-refractivity contribution is 0.0674. The zero-order chi connectivity index (χ0) is 20.0. The first-order valence-corrected chi connectivity index (χ1v) is 12.1. The van der Waals surface area contributed by atoms with Gasteiger partial charge >= 0.3 is 0 Å². The molecule has 0 bridgehead atoms. The van der Waals surface area contributed by atoms with Gasteiger partial charge in [-0.2, -0.15) is 4.31 Å². The minimum absolute atomic E-state index is 0.00105. The van der Waals surface area contributed by atoms with Crippen molar-refractivity contribution in [1.29, 1.82) is 0 Å². The van der Waals surface area contributed by atoms with Gasteiger partial charge in [0.2, 0.25) is 10.0 Å². The summed E-state index contributed by atoms with van der Waals surface area (Å²) in [7, 11) is -3.35. The zero-order valence-corrected chi connectivity index (χ0v) is 17.7. The molecule has 0 unspecified atom stereocenters. The van der Waals surface area contributed by atoms with Crippen molar-refractivity contribution in [3.8, 4) is 0 Å². The highest BCUT2D eigenvalue weighted by atomic mass is 32.2. The van der Waals surface area contributed by atoms with Crippen molar-refractivity contribution in [3.63, 3.8) is 0 Å². The monoisotopic (exact) mass is 407 g/mol. The quantitative estimate of drug-likeness (QED) is 0.735. The lowest BCUT2D eigenvalue weighted by Crippen LogP contribution is -2.49. The van der Waals surface area contributed by atoms with E-state index in [9.17, 15) is 13.2 Å². The van der Waals surface area contributed by atoms with Gasteiger partial charge in [0, 0.05) is 44.3 Å². The first kappa shape index (κ1) is 21.3. The highest BCUT2D eigenvalue weighted by Crippen LogP contribution is 2.24. The molecule has 1 aliphatic heterocycles. The van der Waals surface area contributed by atoms with E-state index in [0.29, 0.717) is 31.7 Å². The molecule has 28 heavy (non-hydrogen) atoms. The minimum Gasteiger partial charge on any atom is -0.335 e. The summed E-state index contributed by atoms with van der Waals surface area (Å²) in [6.45, 7) is 4.64. The zero-order valence-electron chi connectivity index (χ0n) is 16.9. The molecule has 7 heteroatoms. The molecule has 1 amide bonds. The highest BCUT2D eigenvalue weighted by molar-refractivity contribution is 7.89. The van der Waals surface area contributed by atoms with Crippen LogP contribution in [0.2, 0.25) is 0 Å². The fourth-order valence-corrected chi connectivity index (χ4v) is 5.65. The lowest BCUT2D eigenvalue weighted by Gasteiger charge is -2.33. The van der Waals surface area contributed by atoms with E-state index in [2.05, 4.69) is 5.32 Å². The summed E-state index contributed by atoms with van der Waals surface area (Å²) < 4.78 is 27.2. The molecule has 1 N–H and O–H groups in total. The fraction of sp³-hybridized carbons (Fsp3) is 0.667. The van der Waals surface area contributed by atoms with Crippen LogP contribution < -0.4 is 5.32 Å². The Bertz CT molecular complexity index is 752. The van der Waals surface area contributed by atoms with Crippen molar-refractivity contribution in [2.75, 3.05) is 38.5 Å². The van der Waals surface area contributed by atoms with Crippen LogP contribution in [-0.4, -0.2) is 68.0 Å². The van der Waals surface area contributed by atoms with Crippen LogP contribution in [0.15, 0.2) is 24.3 Å². The molecule has 1 aliphatic carbocycles. The van der Waals surface area contributed by atoms with Gasteiger partial charge in [-0.05, 0) is 31.9 Å². The molecule has 1 heterocycles. The van der Waals surface area contributed by atoms with Crippen LogP contribution in [-0.2, 0) is 10.0 Å². The van der Waals surface area contributed by atoms with Crippen LogP contribution in [0.25, 0.3) is 0 Å².